The molecule has 0 aliphatic carbocycles. The van der Waals surface area contributed by atoms with E-state index in [0.29, 0.717) is 11.3 Å². The lowest BCUT2D eigenvalue weighted by molar-refractivity contribution is -0.149. The van der Waals surface area contributed by atoms with Gasteiger partial charge < -0.3 is 9.47 Å². The maximum atomic E-state index is 12.4. The first-order chi connectivity index (χ1) is 11.7. The number of benzene rings is 1. The number of thioether (sulfide) groups is 1. The van der Waals surface area contributed by atoms with Gasteiger partial charge in [0.2, 0.25) is 0 Å². The minimum atomic E-state index is -0.644. The molecule has 0 N–H and O–H groups in total. The third kappa shape index (κ3) is 4.68. The second-order valence-electron chi connectivity index (χ2n) is 5.32. The summed E-state index contributed by atoms with van der Waals surface area (Å²) in [6, 6.07) is 3.13. The van der Waals surface area contributed by atoms with Crippen LogP contribution in [0.1, 0.15) is 19.4 Å². The van der Waals surface area contributed by atoms with E-state index in [9.17, 15) is 14.4 Å². The van der Waals surface area contributed by atoms with E-state index in [1.165, 1.54) is 13.2 Å². The van der Waals surface area contributed by atoms with Gasteiger partial charge in [-0.2, -0.15) is 0 Å². The fourth-order valence-corrected chi connectivity index (χ4v) is 3.57. The number of nitrogens with zero attached hydrogens (tertiary/aromatic N) is 1. The van der Waals surface area contributed by atoms with Crippen molar-refractivity contribution in [3.63, 3.8) is 0 Å². The highest BCUT2D eigenvalue weighted by Crippen LogP contribution is 2.37. The highest BCUT2D eigenvalue weighted by molar-refractivity contribution is 8.18. The van der Waals surface area contributed by atoms with Crippen LogP contribution < -0.4 is 4.74 Å². The number of carbonyl (C=O) groups excluding carboxylic acids is 3. The molecule has 1 fully saturated rings. The van der Waals surface area contributed by atoms with Crippen LogP contribution in [-0.4, -0.2) is 41.8 Å². The molecule has 25 heavy (non-hydrogen) atoms. The number of hydrogen-bond donors (Lipinski definition) is 0. The van der Waals surface area contributed by atoms with Crippen molar-refractivity contribution < 1.29 is 23.9 Å². The number of halogens is 2. The Bertz CT molecular complexity index is 740. The molecule has 1 saturated heterocycles. The van der Waals surface area contributed by atoms with E-state index in [-0.39, 0.29) is 21.1 Å². The van der Waals surface area contributed by atoms with Gasteiger partial charge in [0.25, 0.3) is 11.1 Å². The maximum Gasteiger partial charge on any atom is 0.326 e. The Labute approximate surface area is 159 Å². The van der Waals surface area contributed by atoms with Crippen molar-refractivity contribution in [2.45, 2.75) is 20.0 Å². The topological polar surface area (TPSA) is 72.9 Å². The summed E-state index contributed by atoms with van der Waals surface area (Å²) >= 11 is 12.9. The summed E-state index contributed by atoms with van der Waals surface area (Å²) in [6.45, 7) is 2.94. The molecule has 1 aromatic rings. The van der Waals surface area contributed by atoms with Crippen molar-refractivity contribution in [3.05, 3.63) is 32.6 Å². The number of esters is 1. The largest absolute Gasteiger partial charge is 0.494 e. The van der Waals surface area contributed by atoms with E-state index >= 15 is 0 Å². The zero-order chi connectivity index (χ0) is 18.7. The highest BCUT2D eigenvalue weighted by Gasteiger charge is 2.36. The van der Waals surface area contributed by atoms with Gasteiger partial charge in [-0.1, -0.05) is 23.2 Å². The minimum absolute atomic E-state index is 0.166. The van der Waals surface area contributed by atoms with E-state index in [2.05, 4.69) is 0 Å². The number of amides is 2. The molecule has 1 aliphatic rings. The Morgan fingerprint density at radius 3 is 2.40 bits per heavy atom. The van der Waals surface area contributed by atoms with Crippen LogP contribution in [0, 0.1) is 0 Å². The molecule has 1 aliphatic heterocycles. The van der Waals surface area contributed by atoms with Crippen LogP contribution in [0.25, 0.3) is 6.08 Å². The van der Waals surface area contributed by atoms with Crippen LogP contribution in [0.4, 0.5) is 4.79 Å². The summed E-state index contributed by atoms with van der Waals surface area (Å²) in [4.78, 5) is 37.0. The number of imide groups is 1. The first kappa shape index (κ1) is 19.6. The van der Waals surface area contributed by atoms with Crippen LogP contribution in [0.5, 0.6) is 5.75 Å². The summed E-state index contributed by atoms with van der Waals surface area (Å²) in [5.74, 6) is -0.891. The van der Waals surface area contributed by atoms with E-state index in [1.54, 1.807) is 26.0 Å². The Balaban J connectivity index is 2.21. The average molecular weight is 404 g/mol. The second kappa shape index (κ2) is 8.12. The van der Waals surface area contributed by atoms with Gasteiger partial charge in [-0.15, -0.1) is 0 Å². The quantitative estimate of drug-likeness (QED) is 0.546. The first-order valence-corrected chi connectivity index (χ1v) is 8.78. The van der Waals surface area contributed by atoms with Gasteiger partial charge in [-0.3, -0.25) is 19.3 Å². The van der Waals surface area contributed by atoms with Crippen molar-refractivity contribution in [2.75, 3.05) is 13.7 Å². The molecular formula is C16H15Cl2NO5S. The molecule has 1 aromatic carbocycles. The Hall–Kier alpha value is -1.70. The van der Waals surface area contributed by atoms with Crippen molar-refractivity contribution in [2.24, 2.45) is 0 Å². The lowest BCUT2D eigenvalue weighted by Crippen LogP contribution is -2.35. The number of ether oxygens (including phenoxy) is 2. The summed E-state index contributed by atoms with van der Waals surface area (Å²) in [5.41, 5.74) is 0.533. The molecule has 9 heteroatoms. The molecule has 0 bridgehead atoms. The SMILES string of the molecule is COc1c(Cl)cc(/C=C2\SC(=O)N(CC(=O)OC(C)C)C2=O)cc1Cl. The lowest BCUT2D eigenvalue weighted by Gasteiger charge is -2.13. The molecule has 6 nitrogen and oxygen atoms in total. The number of carbonyl (C=O) groups is 3. The first-order valence-electron chi connectivity index (χ1n) is 7.20. The third-order valence-corrected chi connectivity index (χ3v) is 4.52. The van der Waals surface area contributed by atoms with Crippen molar-refractivity contribution >= 4 is 58.2 Å². The van der Waals surface area contributed by atoms with Crippen LogP contribution >= 0.6 is 35.0 Å². The smallest absolute Gasteiger partial charge is 0.326 e. The second-order valence-corrected chi connectivity index (χ2v) is 7.13. The molecule has 1 heterocycles. The standard InChI is InChI=1S/C16H15Cl2NO5S/c1-8(2)24-13(20)7-19-15(21)12(25-16(19)22)6-9-4-10(17)14(23-3)11(18)5-9/h4-6,8H,7H2,1-3H3/b12-6-. The van der Waals surface area contributed by atoms with Crippen LogP contribution in [0.3, 0.4) is 0 Å². The van der Waals surface area contributed by atoms with Gasteiger partial charge in [-0.05, 0) is 49.4 Å². The van der Waals surface area contributed by atoms with Gasteiger partial charge in [0.15, 0.2) is 5.75 Å². The molecule has 2 rings (SSSR count). The number of hydrogen-bond acceptors (Lipinski definition) is 6. The third-order valence-electron chi connectivity index (χ3n) is 3.05. The van der Waals surface area contributed by atoms with Gasteiger partial charge >= 0.3 is 5.97 Å². The van der Waals surface area contributed by atoms with Gasteiger partial charge in [0.1, 0.15) is 6.54 Å². The van der Waals surface area contributed by atoms with Gasteiger partial charge in [-0.25, -0.2) is 0 Å². The summed E-state index contributed by atoms with van der Waals surface area (Å²) in [6.07, 6.45) is 1.15. The van der Waals surface area contributed by atoms with Gasteiger partial charge in [0.05, 0.1) is 28.2 Å². The Morgan fingerprint density at radius 1 is 1.28 bits per heavy atom. The average Bonchev–Trinajstić information content (AvgIpc) is 2.74. The van der Waals surface area contributed by atoms with Crippen molar-refractivity contribution in [1.82, 2.24) is 4.90 Å². The predicted octanol–water partition coefficient (Wildman–Crippen LogP) is 3.99. The number of methoxy groups -OCH3 is 1. The molecule has 0 unspecified atom stereocenters. The van der Waals surface area contributed by atoms with Crippen LogP contribution in [-0.2, 0) is 14.3 Å². The Morgan fingerprint density at radius 2 is 1.88 bits per heavy atom. The Kier molecular flexibility index (Phi) is 6.37. The fraction of sp³-hybridized carbons (Fsp3) is 0.312. The lowest BCUT2D eigenvalue weighted by atomic mass is 10.2. The predicted molar refractivity (Wildman–Crippen MR) is 96.9 cm³/mol. The molecule has 0 saturated carbocycles. The molecule has 134 valence electrons. The fourth-order valence-electron chi connectivity index (χ4n) is 2.07. The maximum absolute atomic E-state index is 12.4. The zero-order valence-electron chi connectivity index (χ0n) is 13.7. The normalized spacial score (nSPS) is 16.1. The van der Waals surface area contributed by atoms with E-state index < -0.39 is 23.7 Å². The molecule has 0 aromatic heterocycles. The van der Waals surface area contributed by atoms with Gasteiger partial charge in [0, 0.05) is 0 Å². The van der Waals surface area contributed by atoms with Crippen molar-refractivity contribution in [3.8, 4) is 5.75 Å². The number of rotatable bonds is 5. The summed E-state index contributed by atoms with van der Waals surface area (Å²) in [7, 11) is 1.44. The van der Waals surface area contributed by atoms with Crippen LogP contribution in [0.2, 0.25) is 10.0 Å². The van der Waals surface area contributed by atoms with Crippen molar-refractivity contribution in [1.29, 1.82) is 0 Å². The zero-order valence-corrected chi connectivity index (χ0v) is 16.0. The monoisotopic (exact) mass is 403 g/mol. The molecule has 2 amide bonds. The van der Waals surface area contributed by atoms with E-state index in [4.69, 9.17) is 32.7 Å². The molecule has 0 atom stereocenters. The molecule has 0 radical (unpaired) electrons. The van der Waals surface area contributed by atoms with Crippen LogP contribution in [0.15, 0.2) is 17.0 Å². The van der Waals surface area contributed by atoms with E-state index in [0.717, 1.165) is 16.7 Å². The highest BCUT2D eigenvalue weighted by atomic mass is 35.5. The van der Waals surface area contributed by atoms with E-state index in [1.807, 2.05) is 0 Å². The summed E-state index contributed by atoms with van der Waals surface area (Å²) in [5, 5.41) is 0.0182. The molecule has 0 spiro atoms. The summed E-state index contributed by atoms with van der Waals surface area (Å²) < 4.78 is 10.0. The minimum Gasteiger partial charge on any atom is -0.494 e. The molecular weight excluding hydrogens is 389 g/mol.